The van der Waals surface area contributed by atoms with Gasteiger partial charge in [0.1, 0.15) is 16.1 Å². The van der Waals surface area contributed by atoms with E-state index in [0.29, 0.717) is 26.2 Å². The minimum atomic E-state index is -4.79. The van der Waals surface area contributed by atoms with Crippen LogP contribution in [0, 0.1) is 0 Å². The molecule has 1 saturated heterocycles. The molecule has 4 rings (SSSR count). The first-order valence-corrected chi connectivity index (χ1v) is 9.99. The number of anilines is 1. The molecule has 10 heteroatoms. The lowest BCUT2D eigenvalue weighted by Crippen LogP contribution is -2.48. The maximum atomic E-state index is 12.5. The van der Waals surface area contributed by atoms with Crippen molar-refractivity contribution in [2.45, 2.75) is 6.36 Å². The zero-order valence-electron chi connectivity index (χ0n) is 15.7. The number of hydrogen-bond acceptors (Lipinski definition) is 6. The van der Waals surface area contributed by atoms with Crippen LogP contribution in [0.5, 0.6) is 5.75 Å². The molecule has 0 atom stereocenters. The lowest BCUT2D eigenvalue weighted by molar-refractivity contribution is -0.274. The van der Waals surface area contributed by atoms with Crippen molar-refractivity contribution in [1.82, 2.24) is 14.9 Å². The number of aromatic nitrogens is 2. The van der Waals surface area contributed by atoms with E-state index in [0.717, 1.165) is 15.5 Å². The fourth-order valence-corrected chi connectivity index (χ4v) is 4.07. The van der Waals surface area contributed by atoms with Crippen LogP contribution < -0.4 is 9.64 Å². The highest BCUT2D eigenvalue weighted by Crippen LogP contribution is 2.28. The van der Waals surface area contributed by atoms with E-state index in [1.165, 1.54) is 41.7 Å². The molecule has 0 aliphatic carbocycles. The molecule has 0 bridgehead atoms. The number of hydrogen-bond donors (Lipinski definition) is 0. The van der Waals surface area contributed by atoms with E-state index in [1.807, 2.05) is 12.1 Å². The molecule has 1 aliphatic heterocycles. The normalized spacial score (nSPS) is 15.2. The summed E-state index contributed by atoms with van der Waals surface area (Å²) in [4.78, 5) is 26.0. The van der Waals surface area contributed by atoms with Crippen LogP contribution in [0.4, 0.5) is 18.3 Å². The lowest BCUT2D eigenvalue weighted by atomic mass is 10.2. The van der Waals surface area contributed by atoms with Gasteiger partial charge in [-0.2, -0.15) is 0 Å². The van der Waals surface area contributed by atoms with Crippen molar-refractivity contribution in [2.24, 2.45) is 0 Å². The third-order valence-corrected chi connectivity index (χ3v) is 5.61. The van der Waals surface area contributed by atoms with Gasteiger partial charge in [-0.15, -0.1) is 13.2 Å². The van der Waals surface area contributed by atoms with Gasteiger partial charge in [-0.3, -0.25) is 4.79 Å². The Bertz CT molecular complexity index is 1040. The molecule has 1 fully saturated rings. The number of benzene rings is 1. The number of amides is 1. The first-order valence-electron chi connectivity index (χ1n) is 9.17. The zero-order chi connectivity index (χ0) is 21.1. The molecule has 1 amide bonds. The Kier molecular flexibility index (Phi) is 5.58. The second-order valence-corrected chi connectivity index (χ2v) is 7.51. The molecule has 0 saturated carbocycles. The van der Waals surface area contributed by atoms with E-state index < -0.39 is 6.36 Å². The molecule has 156 valence electrons. The highest BCUT2D eigenvalue weighted by atomic mass is 32.1. The largest absolute Gasteiger partial charge is 0.573 e. The summed E-state index contributed by atoms with van der Waals surface area (Å²) in [6, 6.07) is 9.45. The minimum absolute atomic E-state index is 0.184. The van der Waals surface area contributed by atoms with E-state index in [9.17, 15) is 18.0 Å². The maximum Gasteiger partial charge on any atom is 0.573 e. The SMILES string of the molecule is O=C(/C=C/c1ccccc1OC(F)(F)F)N1CCN(c2nc3cccnc3s2)CC1. The van der Waals surface area contributed by atoms with Gasteiger partial charge in [-0.05, 0) is 24.3 Å². The Labute approximate surface area is 174 Å². The number of halogens is 3. The highest BCUT2D eigenvalue weighted by molar-refractivity contribution is 7.21. The number of carbonyl (C=O) groups excluding carboxylic acids is 1. The minimum Gasteiger partial charge on any atom is -0.405 e. The standard InChI is InChI=1S/C20H17F3N4O2S/c21-20(22,23)29-16-6-2-1-4-14(16)7-8-17(28)26-10-12-27(13-11-26)19-25-15-5-3-9-24-18(15)30-19/h1-9H,10-13H2/b8-7+. The maximum absolute atomic E-state index is 12.5. The molecule has 2 aromatic heterocycles. The average molecular weight is 434 g/mol. The number of ether oxygens (including phenoxy) is 1. The summed E-state index contributed by atoms with van der Waals surface area (Å²) in [6.07, 6.45) is -0.448. The predicted molar refractivity (Wildman–Crippen MR) is 108 cm³/mol. The summed E-state index contributed by atoms with van der Waals surface area (Å²) in [5, 5.41) is 0.865. The number of rotatable bonds is 4. The number of piperazine rings is 1. The monoisotopic (exact) mass is 434 g/mol. The van der Waals surface area contributed by atoms with Gasteiger partial charge >= 0.3 is 6.36 Å². The molecular weight excluding hydrogens is 417 g/mol. The van der Waals surface area contributed by atoms with E-state index >= 15 is 0 Å². The van der Waals surface area contributed by atoms with Crippen molar-refractivity contribution in [2.75, 3.05) is 31.1 Å². The van der Waals surface area contributed by atoms with Crippen LogP contribution in [0.25, 0.3) is 16.4 Å². The molecule has 0 unspecified atom stereocenters. The second-order valence-electron chi connectivity index (χ2n) is 6.56. The molecule has 3 aromatic rings. The summed E-state index contributed by atoms with van der Waals surface area (Å²) in [5.41, 5.74) is 1.03. The topological polar surface area (TPSA) is 58.6 Å². The van der Waals surface area contributed by atoms with Gasteiger partial charge in [0.05, 0.1) is 0 Å². The molecule has 0 N–H and O–H groups in total. The van der Waals surface area contributed by atoms with Gasteiger partial charge in [0.2, 0.25) is 5.91 Å². The Hall–Kier alpha value is -3.14. The fraction of sp³-hybridized carbons (Fsp3) is 0.250. The molecule has 1 aliphatic rings. The number of carbonyl (C=O) groups is 1. The third-order valence-electron chi connectivity index (χ3n) is 4.57. The summed E-state index contributed by atoms with van der Waals surface area (Å²) in [7, 11) is 0. The predicted octanol–water partition coefficient (Wildman–Crippen LogP) is 3.95. The number of alkyl halides is 3. The molecular formula is C20H17F3N4O2S. The van der Waals surface area contributed by atoms with Gasteiger partial charge in [0, 0.05) is 44.0 Å². The molecule has 1 aromatic carbocycles. The van der Waals surface area contributed by atoms with Crippen LogP contribution in [0.2, 0.25) is 0 Å². The van der Waals surface area contributed by atoms with E-state index in [2.05, 4.69) is 19.6 Å². The fourth-order valence-electron chi connectivity index (χ4n) is 3.11. The first kappa shape index (κ1) is 20.1. The quantitative estimate of drug-likeness (QED) is 0.582. The van der Waals surface area contributed by atoms with Gasteiger partial charge in [-0.25, -0.2) is 9.97 Å². The Morgan fingerprint density at radius 1 is 1.10 bits per heavy atom. The molecule has 0 spiro atoms. The van der Waals surface area contributed by atoms with Crippen molar-refractivity contribution in [1.29, 1.82) is 0 Å². The van der Waals surface area contributed by atoms with Crippen LogP contribution in [0.1, 0.15) is 5.56 Å². The highest BCUT2D eigenvalue weighted by Gasteiger charge is 2.31. The lowest BCUT2D eigenvalue weighted by Gasteiger charge is -2.34. The van der Waals surface area contributed by atoms with Crippen molar-refractivity contribution in [3.63, 3.8) is 0 Å². The molecule has 6 nitrogen and oxygen atoms in total. The number of nitrogens with zero attached hydrogens (tertiary/aromatic N) is 4. The van der Waals surface area contributed by atoms with Gasteiger partial charge < -0.3 is 14.5 Å². The number of thiazole rings is 1. The summed E-state index contributed by atoms with van der Waals surface area (Å²) < 4.78 is 41.6. The Morgan fingerprint density at radius 2 is 1.87 bits per heavy atom. The van der Waals surface area contributed by atoms with Crippen LogP contribution in [0.15, 0.2) is 48.7 Å². The van der Waals surface area contributed by atoms with Crippen molar-refractivity contribution < 1.29 is 22.7 Å². The van der Waals surface area contributed by atoms with E-state index in [4.69, 9.17) is 0 Å². The van der Waals surface area contributed by atoms with Crippen LogP contribution >= 0.6 is 11.3 Å². The van der Waals surface area contributed by atoms with Gasteiger partial charge in [-0.1, -0.05) is 29.5 Å². The Morgan fingerprint density at radius 3 is 2.60 bits per heavy atom. The van der Waals surface area contributed by atoms with Crippen LogP contribution in [0.3, 0.4) is 0 Å². The molecule has 30 heavy (non-hydrogen) atoms. The van der Waals surface area contributed by atoms with E-state index in [-0.39, 0.29) is 17.2 Å². The average Bonchev–Trinajstić information content (AvgIpc) is 3.16. The van der Waals surface area contributed by atoms with E-state index in [1.54, 1.807) is 17.2 Å². The summed E-state index contributed by atoms with van der Waals surface area (Å²) in [6.45, 7) is 2.22. The van der Waals surface area contributed by atoms with Crippen molar-refractivity contribution in [3.05, 3.63) is 54.2 Å². The smallest absolute Gasteiger partial charge is 0.405 e. The first-order chi connectivity index (χ1) is 14.4. The molecule has 0 radical (unpaired) electrons. The summed E-state index contributed by atoms with van der Waals surface area (Å²) >= 11 is 1.51. The molecule has 3 heterocycles. The summed E-state index contributed by atoms with van der Waals surface area (Å²) in [5.74, 6) is -0.606. The van der Waals surface area contributed by atoms with Gasteiger partial charge in [0.25, 0.3) is 0 Å². The Balaban J connectivity index is 1.38. The van der Waals surface area contributed by atoms with Crippen molar-refractivity contribution in [3.8, 4) is 5.75 Å². The third kappa shape index (κ3) is 4.70. The van der Waals surface area contributed by atoms with Crippen molar-refractivity contribution >= 4 is 38.8 Å². The van der Waals surface area contributed by atoms with Gasteiger partial charge in [0.15, 0.2) is 5.13 Å². The van der Waals surface area contributed by atoms with Crippen LogP contribution in [-0.2, 0) is 4.79 Å². The van der Waals surface area contributed by atoms with Crippen LogP contribution in [-0.4, -0.2) is 53.3 Å². The zero-order valence-corrected chi connectivity index (χ0v) is 16.5. The number of pyridine rings is 1. The second kappa shape index (κ2) is 8.31. The number of para-hydroxylation sites is 1. The number of fused-ring (bicyclic) bond motifs is 1.